The highest BCUT2D eigenvalue weighted by Gasteiger charge is 2.27. The zero-order valence-electron chi connectivity index (χ0n) is 15.8. The summed E-state index contributed by atoms with van der Waals surface area (Å²) < 4.78 is 0. The van der Waals surface area contributed by atoms with Gasteiger partial charge in [-0.15, -0.1) is 0 Å². The SMILES string of the molecule is Cc1ncc2c(c1C#N)CCN(C(=O)c1ccc3c(n1)N(C)CC3)C2.O=CO. The van der Waals surface area contributed by atoms with Crippen LogP contribution < -0.4 is 4.90 Å². The zero-order valence-corrected chi connectivity index (χ0v) is 15.8. The van der Waals surface area contributed by atoms with Crippen molar-refractivity contribution in [3.63, 3.8) is 0 Å². The molecule has 28 heavy (non-hydrogen) atoms. The van der Waals surface area contributed by atoms with E-state index in [1.807, 2.05) is 26.1 Å². The third-order valence-electron chi connectivity index (χ3n) is 5.11. The van der Waals surface area contributed by atoms with Gasteiger partial charge in [0, 0.05) is 32.9 Å². The van der Waals surface area contributed by atoms with E-state index in [1.165, 1.54) is 5.56 Å². The lowest BCUT2D eigenvalue weighted by molar-refractivity contribution is -0.122. The van der Waals surface area contributed by atoms with E-state index in [0.717, 1.165) is 35.6 Å². The molecule has 0 aliphatic carbocycles. The first kappa shape index (κ1) is 19.3. The first-order chi connectivity index (χ1) is 13.5. The molecular formula is C20H21N5O3. The van der Waals surface area contributed by atoms with Crippen LogP contribution in [0.4, 0.5) is 5.82 Å². The molecule has 4 rings (SSSR count). The van der Waals surface area contributed by atoms with E-state index in [2.05, 4.69) is 20.9 Å². The van der Waals surface area contributed by atoms with E-state index < -0.39 is 0 Å². The molecule has 0 aromatic carbocycles. The van der Waals surface area contributed by atoms with Crippen molar-refractivity contribution in [2.45, 2.75) is 26.3 Å². The summed E-state index contributed by atoms with van der Waals surface area (Å²) in [6.07, 6.45) is 3.44. The van der Waals surface area contributed by atoms with Crippen molar-refractivity contribution in [2.75, 3.05) is 25.0 Å². The molecule has 2 aliphatic rings. The Balaban J connectivity index is 0.000000706. The summed E-state index contributed by atoms with van der Waals surface area (Å²) in [5.41, 5.74) is 5.07. The molecule has 2 aromatic rings. The zero-order chi connectivity index (χ0) is 20.3. The number of aryl methyl sites for hydroxylation is 1. The topological polar surface area (TPSA) is 110 Å². The molecule has 0 unspecified atom stereocenters. The molecule has 8 heteroatoms. The maximum Gasteiger partial charge on any atom is 0.290 e. The minimum atomic E-state index is -0.250. The Labute approximate surface area is 163 Å². The second-order valence-corrected chi connectivity index (χ2v) is 6.77. The average molecular weight is 379 g/mol. The van der Waals surface area contributed by atoms with Crippen LogP contribution in [0.1, 0.15) is 38.4 Å². The van der Waals surface area contributed by atoms with Gasteiger partial charge in [0.25, 0.3) is 12.4 Å². The van der Waals surface area contributed by atoms with Crippen molar-refractivity contribution in [2.24, 2.45) is 0 Å². The number of fused-ring (bicyclic) bond motifs is 2. The quantitative estimate of drug-likeness (QED) is 0.748. The molecule has 144 valence electrons. The Morgan fingerprint density at radius 3 is 2.75 bits per heavy atom. The minimum absolute atomic E-state index is 0.0622. The highest BCUT2D eigenvalue weighted by molar-refractivity contribution is 5.93. The Bertz CT molecular complexity index is 967. The number of likely N-dealkylation sites (N-methyl/N-ethyl adjacent to an activating group) is 1. The van der Waals surface area contributed by atoms with Crippen LogP contribution in [0.25, 0.3) is 0 Å². The summed E-state index contributed by atoms with van der Waals surface area (Å²) in [5.74, 6) is 0.847. The summed E-state index contributed by atoms with van der Waals surface area (Å²) in [5, 5.41) is 16.2. The van der Waals surface area contributed by atoms with Gasteiger partial charge in [-0.2, -0.15) is 5.26 Å². The lowest BCUT2D eigenvalue weighted by Crippen LogP contribution is -2.37. The number of pyridine rings is 2. The van der Waals surface area contributed by atoms with Gasteiger partial charge in [0.2, 0.25) is 0 Å². The van der Waals surface area contributed by atoms with Gasteiger partial charge < -0.3 is 14.9 Å². The molecule has 2 aliphatic heterocycles. The normalized spacial score (nSPS) is 14.3. The Hall–Kier alpha value is -3.47. The Morgan fingerprint density at radius 2 is 2.04 bits per heavy atom. The van der Waals surface area contributed by atoms with Crippen LogP contribution in [0.15, 0.2) is 18.3 Å². The third-order valence-corrected chi connectivity index (χ3v) is 5.11. The fourth-order valence-corrected chi connectivity index (χ4v) is 3.65. The number of nitrogens with zero attached hydrogens (tertiary/aromatic N) is 5. The fourth-order valence-electron chi connectivity index (χ4n) is 3.65. The number of rotatable bonds is 1. The van der Waals surface area contributed by atoms with Gasteiger partial charge in [-0.3, -0.25) is 14.6 Å². The number of anilines is 1. The van der Waals surface area contributed by atoms with Crippen molar-refractivity contribution in [3.8, 4) is 6.07 Å². The van der Waals surface area contributed by atoms with Crippen molar-refractivity contribution < 1.29 is 14.7 Å². The van der Waals surface area contributed by atoms with Gasteiger partial charge in [0.15, 0.2) is 0 Å². The van der Waals surface area contributed by atoms with Crippen molar-refractivity contribution in [3.05, 3.63) is 52.0 Å². The van der Waals surface area contributed by atoms with E-state index in [4.69, 9.17) is 9.90 Å². The second-order valence-electron chi connectivity index (χ2n) is 6.77. The van der Waals surface area contributed by atoms with E-state index in [-0.39, 0.29) is 12.4 Å². The summed E-state index contributed by atoms with van der Waals surface area (Å²) in [7, 11) is 2.00. The fraction of sp³-hybridized carbons (Fsp3) is 0.350. The molecule has 4 heterocycles. The summed E-state index contributed by atoms with van der Waals surface area (Å²) in [4.78, 5) is 34.0. The largest absolute Gasteiger partial charge is 0.483 e. The number of hydrogen-bond acceptors (Lipinski definition) is 6. The molecule has 1 N–H and O–H groups in total. The predicted molar refractivity (Wildman–Crippen MR) is 102 cm³/mol. The standard InChI is InChI=1S/C19H19N5O.CH2O2/c1-12-16(9-20)15-6-8-24(11-14(15)10-21-12)19(25)17-4-3-13-5-7-23(2)18(13)22-17;2-1-3/h3-4,10H,5-8,11H2,1-2H3;1H,(H,2,3). The molecule has 0 saturated carbocycles. The molecular weight excluding hydrogens is 358 g/mol. The third kappa shape index (κ3) is 3.51. The molecule has 0 radical (unpaired) electrons. The maximum atomic E-state index is 12.9. The average Bonchev–Trinajstić information content (AvgIpc) is 3.08. The molecule has 0 spiro atoms. The molecule has 8 nitrogen and oxygen atoms in total. The van der Waals surface area contributed by atoms with Gasteiger partial charge in [-0.05, 0) is 42.5 Å². The van der Waals surface area contributed by atoms with Gasteiger partial charge in [0.05, 0.1) is 11.3 Å². The second kappa shape index (κ2) is 8.05. The molecule has 0 atom stereocenters. The van der Waals surface area contributed by atoms with Crippen molar-refractivity contribution in [1.29, 1.82) is 5.26 Å². The number of hydrogen-bond donors (Lipinski definition) is 1. The Morgan fingerprint density at radius 1 is 1.29 bits per heavy atom. The number of amides is 1. The van der Waals surface area contributed by atoms with Crippen LogP contribution in [0.3, 0.4) is 0 Å². The van der Waals surface area contributed by atoms with Crippen LogP contribution in [0, 0.1) is 18.3 Å². The van der Waals surface area contributed by atoms with Crippen LogP contribution in [-0.2, 0) is 24.2 Å². The number of carbonyl (C=O) groups excluding carboxylic acids is 1. The number of carbonyl (C=O) groups is 2. The lowest BCUT2D eigenvalue weighted by Gasteiger charge is -2.29. The van der Waals surface area contributed by atoms with Gasteiger partial charge >= 0.3 is 0 Å². The first-order valence-corrected chi connectivity index (χ1v) is 8.95. The van der Waals surface area contributed by atoms with Gasteiger partial charge in [0.1, 0.15) is 17.6 Å². The van der Waals surface area contributed by atoms with Crippen molar-refractivity contribution in [1.82, 2.24) is 14.9 Å². The van der Waals surface area contributed by atoms with E-state index >= 15 is 0 Å². The summed E-state index contributed by atoms with van der Waals surface area (Å²) in [6, 6.07) is 6.08. The minimum Gasteiger partial charge on any atom is -0.483 e. The molecule has 1 amide bonds. The van der Waals surface area contributed by atoms with Crippen LogP contribution in [-0.4, -0.2) is 52.5 Å². The van der Waals surface area contributed by atoms with Gasteiger partial charge in [-0.25, -0.2) is 4.98 Å². The molecule has 0 bridgehead atoms. The number of nitriles is 1. The van der Waals surface area contributed by atoms with E-state index in [0.29, 0.717) is 30.8 Å². The lowest BCUT2D eigenvalue weighted by atomic mass is 9.95. The van der Waals surface area contributed by atoms with Crippen LogP contribution in [0.2, 0.25) is 0 Å². The predicted octanol–water partition coefficient (Wildman–Crippen LogP) is 1.55. The monoisotopic (exact) mass is 379 g/mol. The van der Waals surface area contributed by atoms with Crippen LogP contribution in [0.5, 0.6) is 0 Å². The van der Waals surface area contributed by atoms with E-state index in [9.17, 15) is 10.1 Å². The summed E-state index contributed by atoms with van der Waals surface area (Å²) >= 11 is 0. The van der Waals surface area contributed by atoms with Gasteiger partial charge in [-0.1, -0.05) is 6.07 Å². The highest BCUT2D eigenvalue weighted by atomic mass is 16.3. The molecule has 0 fully saturated rings. The number of carboxylic acid groups (broad SMARTS) is 1. The smallest absolute Gasteiger partial charge is 0.290 e. The molecule has 0 saturated heterocycles. The molecule has 2 aromatic heterocycles. The number of aromatic nitrogens is 2. The van der Waals surface area contributed by atoms with Crippen LogP contribution >= 0.6 is 0 Å². The first-order valence-electron chi connectivity index (χ1n) is 8.95. The summed E-state index contributed by atoms with van der Waals surface area (Å²) in [6.45, 7) is 3.61. The Kier molecular flexibility index (Phi) is 5.54. The van der Waals surface area contributed by atoms with E-state index in [1.54, 1.807) is 11.1 Å². The van der Waals surface area contributed by atoms with Crippen molar-refractivity contribution >= 4 is 18.2 Å². The maximum absolute atomic E-state index is 12.9. The highest BCUT2D eigenvalue weighted by Crippen LogP contribution is 2.27.